The van der Waals surface area contributed by atoms with Crippen molar-refractivity contribution < 1.29 is 9.32 Å². The van der Waals surface area contributed by atoms with Gasteiger partial charge in [-0.15, -0.1) is 0 Å². The largest absolute Gasteiger partial charge is 0.355 e. The Balaban J connectivity index is 1.42. The van der Waals surface area contributed by atoms with Crippen molar-refractivity contribution in [2.45, 2.75) is 13.8 Å². The lowest BCUT2D eigenvalue weighted by Gasteiger charge is -2.02. The minimum Gasteiger partial charge on any atom is -0.355 e. The zero-order valence-electron chi connectivity index (χ0n) is 16.7. The van der Waals surface area contributed by atoms with E-state index >= 15 is 0 Å². The summed E-state index contributed by atoms with van der Waals surface area (Å²) in [6, 6.07) is 24.2. The van der Waals surface area contributed by atoms with Crippen molar-refractivity contribution in [1.82, 2.24) is 5.16 Å². The van der Waals surface area contributed by atoms with E-state index in [9.17, 15) is 4.79 Å². The monoisotopic (exact) mass is 396 g/mol. The molecule has 0 bridgehead atoms. The van der Waals surface area contributed by atoms with Crippen LogP contribution in [0.1, 0.15) is 21.6 Å². The molecule has 0 saturated heterocycles. The molecule has 6 heteroatoms. The highest BCUT2D eigenvalue weighted by Gasteiger charge is 2.14. The van der Waals surface area contributed by atoms with Gasteiger partial charge < -0.3 is 9.84 Å². The number of nitrogens with zero attached hydrogens (tertiary/aromatic N) is 3. The van der Waals surface area contributed by atoms with Crippen LogP contribution in [-0.2, 0) is 0 Å². The fraction of sp³-hybridized carbons (Fsp3) is 0.0833. The molecule has 0 spiro atoms. The molecule has 1 heterocycles. The number of hydrogen-bond donors (Lipinski definition) is 1. The highest BCUT2D eigenvalue weighted by atomic mass is 16.5. The zero-order valence-corrected chi connectivity index (χ0v) is 16.7. The standard InChI is InChI=1S/C24H20N4O2/c1-16-8-9-18(14-17(16)2)23-15-22(28-30-23)24(29)25-19-10-12-21(13-11-19)27-26-20-6-4-3-5-7-20/h3-15H,1-2H3,(H,25,29). The molecule has 0 fully saturated rings. The van der Waals surface area contributed by atoms with E-state index in [0.29, 0.717) is 17.1 Å². The van der Waals surface area contributed by atoms with Gasteiger partial charge in [-0.05, 0) is 67.4 Å². The number of azo groups is 1. The number of anilines is 1. The smallest absolute Gasteiger partial charge is 0.277 e. The molecule has 4 rings (SSSR count). The third kappa shape index (κ3) is 4.50. The van der Waals surface area contributed by atoms with E-state index in [0.717, 1.165) is 16.8 Å². The molecule has 0 aliphatic carbocycles. The summed E-state index contributed by atoms with van der Waals surface area (Å²) in [7, 11) is 0. The first-order valence-electron chi connectivity index (χ1n) is 9.51. The Morgan fingerprint density at radius 2 is 1.53 bits per heavy atom. The highest BCUT2D eigenvalue weighted by molar-refractivity contribution is 6.03. The number of benzene rings is 3. The molecular formula is C24H20N4O2. The second kappa shape index (κ2) is 8.53. The van der Waals surface area contributed by atoms with Crippen molar-refractivity contribution in [3.63, 3.8) is 0 Å². The first-order valence-corrected chi connectivity index (χ1v) is 9.51. The molecule has 4 aromatic rings. The van der Waals surface area contributed by atoms with Gasteiger partial charge in [0.15, 0.2) is 11.5 Å². The molecule has 0 aliphatic heterocycles. The molecule has 1 N–H and O–H groups in total. The Kier molecular flexibility index (Phi) is 5.48. The van der Waals surface area contributed by atoms with Crippen LogP contribution in [0.4, 0.5) is 17.1 Å². The van der Waals surface area contributed by atoms with Gasteiger partial charge in [0, 0.05) is 17.3 Å². The first-order chi connectivity index (χ1) is 14.6. The zero-order chi connectivity index (χ0) is 20.9. The van der Waals surface area contributed by atoms with Crippen molar-refractivity contribution in [1.29, 1.82) is 0 Å². The van der Waals surface area contributed by atoms with Gasteiger partial charge in [0.25, 0.3) is 5.91 Å². The number of aryl methyl sites for hydroxylation is 2. The van der Waals surface area contributed by atoms with Gasteiger partial charge in [-0.25, -0.2) is 0 Å². The van der Waals surface area contributed by atoms with Crippen LogP contribution < -0.4 is 5.32 Å². The Morgan fingerprint density at radius 3 is 2.23 bits per heavy atom. The van der Waals surface area contributed by atoms with Gasteiger partial charge in [-0.3, -0.25) is 4.79 Å². The fourth-order valence-electron chi connectivity index (χ4n) is 2.83. The summed E-state index contributed by atoms with van der Waals surface area (Å²) in [5.41, 5.74) is 5.56. The van der Waals surface area contributed by atoms with E-state index in [1.54, 1.807) is 30.3 Å². The summed E-state index contributed by atoms with van der Waals surface area (Å²) in [4.78, 5) is 12.5. The van der Waals surface area contributed by atoms with Crippen LogP contribution >= 0.6 is 0 Å². The topological polar surface area (TPSA) is 79.9 Å². The van der Waals surface area contributed by atoms with Gasteiger partial charge in [-0.2, -0.15) is 10.2 Å². The molecule has 0 atom stereocenters. The quantitative estimate of drug-likeness (QED) is 0.385. The molecule has 0 radical (unpaired) electrons. The molecule has 30 heavy (non-hydrogen) atoms. The number of hydrogen-bond acceptors (Lipinski definition) is 5. The van der Waals surface area contributed by atoms with Crippen LogP contribution in [0.5, 0.6) is 0 Å². The van der Waals surface area contributed by atoms with Crippen molar-refractivity contribution in [3.8, 4) is 11.3 Å². The molecular weight excluding hydrogens is 376 g/mol. The maximum atomic E-state index is 12.5. The molecule has 0 unspecified atom stereocenters. The van der Waals surface area contributed by atoms with Crippen LogP contribution in [0.3, 0.4) is 0 Å². The average Bonchev–Trinajstić information content (AvgIpc) is 3.26. The molecule has 1 aromatic heterocycles. The number of aromatic nitrogens is 1. The van der Waals surface area contributed by atoms with E-state index in [1.165, 1.54) is 5.56 Å². The first kappa shape index (κ1) is 19.3. The maximum Gasteiger partial charge on any atom is 0.277 e. The Morgan fingerprint density at radius 1 is 0.833 bits per heavy atom. The van der Waals surface area contributed by atoms with Crippen molar-refractivity contribution in [2.75, 3.05) is 5.32 Å². The second-order valence-corrected chi connectivity index (χ2v) is 6.91. The van der Waals surface area contributed by atoms with E-state index < -0.39 is 0 Å². The molecule has 0 aliphatic rings. The molecule has 6 nitrogen and oxygen atoms in total. The van der Waals surface area contributed by atoms with E-state index in [2.05, 4.69) is 20.7 Å². The number of carbonyl (C=O) groups excluding carboxylic acids is 1. The third-order valence-corrected chi connectivity index (χ3v) is 4.70. The predicted octanol–water partition coefficient (Wildman–Crippen LogP) is 6.63. The summed E-state index contributed by atoms with van der Waals surface area (Å²) >= 11 is 0. The fourth-order valence-corrected chi connectivity index (χ4v) is 2.83. The summed E-state index contributed by atoms with van der Waals surface area (Å²) in [6.07, 6.45) is 0. The van der Waals surface area contributed by atoms with Crippen molar-refractivity contribution in [2.24, 2.45) is 10.2 Å². The lowest BCUT2D eigenvalue weighted by atomic mass is 10.0. The number of carbonyl (C=O) groups is 1. The summed E-state index contributed by atoms with van der Waals surface area (Å²) in [5.74, 6) is 0.215. The predicted molar refractivity (Wildman–Crippen MR) is 116 cm³/mol. The van der Waals surface area contributed by atoms with Gasteiger partial charge in [0.1, 0.15) is 0 Å². The molecule has 148 valence electrons. The highest BCUT2D eigenvalue weighted by Crippen LogP contribution is 2.24. The molecule has 1 amide bonds. The van der Waals surface area contributed by atoms with Gasteiger partial charge in [0.05, 0.1) is 11.4 Å². The lowest BCUT2D eigenvalue weighted by Crippen LogP contribution is -2.11. The summed E-state index contributed by atoms with van der Waals surface area (Å²) in [6.45, 7) is 4.08. The number of amides is 1. The van der Waals surface area contributed by atoms with Gasteiger partial charge >= 0.3 is 0 Å². The Labute approximate surface area is 174 Å². The van der Waals surface area contributed by atoms with Crippen LogP contribution in [-0.4, -0.2) is 11.1 Å². The number of nitrogens with one attached hydrogen (secondary N) is 1. The average molecular weight is 396 g/mol. The lowest BCUT2D eigenvalue weighted by molar-refractivity contribution is 0.101. The maximum absolute atomic E-state index is 12.5. The minimum atomic E-state index is -0.340. The van der Waals surface area contributed by atoms with Gasteiger partial charge in [-0.1, -0.05) is 35.5 Å². The van der Waals surface area contributed by atoms with Crippen LogP contribution in [0.15, 0.2) is 93.6 Å². The normalized spacial score (nSPS) is 11.0. The Hall–Kier alpha value is -4.06. The van der Waals surface area contributed by atoms with Crippen molar-refractivity contribution in [3.05, 3.63) is 95.7 Å². The number of rotatable bonds is 5. The van der Waals surface area contributed by atoms with E-state index in [1.807, 2.05) is 62.4 Å². The molecule has 3 aromatic carbocycles. The minimum absolute atomic E-state index is 0.219. The third-order valence-electron chi connectivity index (χ3n) is 4.70. The summed E-state index contributed by atoms with van der Waals surface area (Å²) in [5, 5.41) is 15.1. The second-order valence-electron chi connectivity index (χ2n) is 6.91. The van der Waals surface area contributed by atoms with Gasteiger partial charge in [0.2, 0.25) is 0 Å². The van der Waals surface area contributed by atoms with Crippen molar-refractivity contribution >= 4 is 23.0 Å². The molecule has 0 saturated carbocycles. The van der Waals surface area contributed by atoms with E-state index in [4.69, 9.17) is 4.52 Å². The summed E-state index contributed by atoms with van der Waals surface area (Å²) < 4.78 is 5.36. The van der Waals surface area contributed by atoms with Crippen LogP contribution in [0, 0.1) is 13.8 Å². The van der Waals surface area contributed by atoms with Crippen LogP contribution in [0.25, 0.3) is 11.3 Å². The van der Waals surface area contributed by atoms with E-state index in [-0.39, 0.29) is 11.6 Å². The SMILES string of the molecule is Cc1ccc(-c2cc(C(=O)Nc3ccc(N=Nc4ccccc4)cc3)no2)cc1C. The van der Waals surface area contributed by atoms with Crippen LogP contribution in [0.2, 0.25) is 0 Å². The Bertz CT molecular complexity index is 1200.